The molecule has 1 atom stereocenters. The number of aryl methyl sites for hydroxylation is 1. The summed E-state index contributed by atoms with van der Waals surface area (Å²) in [4.78, 5) is 0. The van der Waals surface area contributed by atoms with E-state index in [2.05, 4.69) is 52.2 Å². The van der Waals surface area contributed by atoms with Gasteiger partial charge in [-0.3, -0.25) is 0 Å². The summed E-state index contributed by atoms with van der Waals surface area (Å²) in [6.07, 6.45) is 3.67. The molecule has 104 valence electrons. The zero-order chi connectivity index (χ0) is 13.9. The SMILES string of the molecule is Fc1ccc(NCC2CCCc3ccccc32)c(I)c1. The molecule has 1 aliphatic carbocycles. The van der Waals surface area contributed by atoms with Crippen molar-refractivity contribution < 1.29 is 4.39 Å². The van der Waals surface area contributed by atoms with Crippen LogP contribution < -0.4 is 5.32 Å². The minimum absolute atomic E-state index is 0.178. The van der Waals surface area contributed by atoms with Gasteiger partial charge >= 0.3 is 0 Å². The predicted octanol–water partition coefficient (Wildman–Crippen LogP) is 4.96. The van der Waals surface area contributed by atoms with Gasteiger partial charge in [0.2, 0.25) is 0 Å². The fourth-order valence-electron chi connectivity index (χ4n) is 2.93. The van der Waals surface area contributed by atoms with E-state index in [0.29, 0.717) is 5.92 Å². The molecule has 2 aromatic carbocycles. The molecule has 1 unspecified atom stereocenters. The van der Waals surface area contributed by atoms with Crippen LogP contribution in [0.15, 0.2) is 42.5 Å². The summed E-state index contributed by atoms with van der Waals surface area (Å²) in [5.41, 5.74) is 3.98. The Balaban J connectivity index is 1.73. The molecule has 0 spiro atoms. The Morgan fingerprint density at radius 1 is 1.20 bits per heavy atom. The summed E-state index contributed by atoms with van der Waals surface area (Å²) in [5, 5.41) is 3.48. The minimum atomic E-state index is -0.178. The first-order valence-electron chi connectivity index (χ1n) is 7.01. The summed E-state index contributed by atoms with van der Waals surface area (Å²) in [7, 11) is 0. The van der Waals surface area contributed by atoms with Crippen LogP contribution in [0.4, 0.5) is 10.1 Å². The number of rotatable bonds is 3. The Kier molecular flexibility index (Phi) is 4.24. The minimum Gasteiger partial charge on any atom is -0.384 e. The third-order valence-corrected chi connectivity index (χ3v) is 4.86. The van der Waals surface area contributed by atoms with Gasteiger partial charge in [-0.15, -0.1) is 0 Å². The van der Waals surface area contributed by atoms with Crippen molar-refractivity contribution >= 4 is 28.3 Å². The molecule has 0 saturated heterocycles. The van der Waals surface area contributed by atoms with Crippen LogP contribution in [0, 0.1) is 9.39 Å². The monoisotopic (exact) mass is 381 g/mol. The molecule has 3 rings (SSSR count). The summed E-state index contributed by atoms with van der Waals surface area (Å²) in [6, 6.07) is 13.6. The number of hydrogen-bond donors (Lipinski definition) is 1. The third-order valence-electron chi connectivity index (χ3n) is 3.96. The first kappa shape index (κ1) is 13.9. The van der Waals surface area contributed by atoms with Gasteiger partial charge in [-0.25, -0.2) is 4.39 Å². The van der Waals surface area contributed by atoms with E-state index in [-0.39, 0.29) is 5.82 Å². The van der Waals surface area contributed by atoms with Crippen molar-refractivity contribution in [1.82, 2.24) is 0 Å². The lowest BCUT2D eigenvalue weighted by atomic mass is 9.83. The molecular formula is C17H17FIN. The highest BCUT2D eigenvalue weighted by atomic mass is 127. The molecule has 1 aliphatic rings. The third kappa shape index (κ3) is 2.97. The fraction of sp³-hybridized carbons (Fsp3) is 0.294. The fourth-order valence-corrected chi connectivity index (χ4v) is 3.60. The van der Waals surface area contributed by atoms with Crippen molar-refractivity contribution in [3.63, 3.8) is 0 Å². The summed E-state index contributed by atoms with van der Waals surface area (Å²) in [6.45, 7) is 0.915. The average Bonchev–Trinajstić information content (AvgIpc) is 2.46. The number of halogens is 2. The molecule has 1 nitrogen and oxygen atoms in total. The van der Waals surface area contributed by atoms with Gasteiger partial charge in [0.25, 0.3) is 0 Å². The van der Waals surface area contributed by atoms with Crippen molar-refractivity contribution in [3.8, 4) is 0 Å². The Labute approximate surface area is 132 Å². The van der Waals surface area contributed by atoms with E-state index < -0.39 is 0 Å². The second-order valence-electron chi connectivity index (χ2n) is 5.29. The highest BCUT2D eigenvalue weighted by Crippen LogP contribution is 2.32. The Morgan fingerprint density at radius 3 is 2.90 bits per heavy atom. The van der Waals surface area contributed by atoms with Crippen LogP contribution in [-0.4, -0.2) is 6.54 Å². The van der Waals surface area contributed by atoms with Crippen LogP contribution in [0.5, 0.6) is 0 Å². The summed E-state index contributed by atoms with van der Waals surface area (Å²) >= 11 is 2.18. The molecule has 0 saturated carbocycles. The van der Waals surface area contributed by atoms with E-state index in [1.807, 2.05) is 6.07 Å². The molecule has 0 aliphatic heterocycles. The number of benzene rings is 2. The van der Waals surface area contributed by atoms with Crippen molar-refractivity contribution in [2.75, 3.05) is 11.9 Å². The van der Waals surface area contributed by atoms with Gasteiger partial charge in [0.15, 0.2) is 0 Å². The molecule has 1 N–H and O–H groups in total. The lowest BCUT2D eigenvalue weighted by molar-refractivity contribution is 0.571. The van der Waals surface area contributed by atoms with Crippen molar-refractivity contribution in [3.05, 3.63) is 63.0 Å². The maximum Gasteiger partial charge on any atom is 0.124 e. The Morgan fingerprint density at radius 2 is 2.05 bits per heavy atom. The quantitative estimate of drug-likeness (QED) is 0.741. The van der Waals surface area contributed by atoms with E-state index in [9.17, 15) is 4.39 Å². The van der Waals surface area contributed by atoms with E-state index in [0.717, 1.165) is 15.8 Å². The van der Waals surface area contributed by atoms with E-state index in [4.69, 9.17) is 0 Å². The average molecular weight is 381 g/mol. The molecule has 0 aromatic heterocycles. The van der Waals surface area contributed by atoms with E-state index in [1.54, 1.807) is 6.07 Å². The number of fused-ring (bicyclic) bond motifs is 1. The molecule has 2 aromatic rings. The lowest BCUT2D eigenvalue weighted by Crippen LogP contribution is -2.18. The number of hydrogen-bond acceptors (Lipinski definition) is 1. The molecule has 0 bridgehead atoms. The molecule has 0 amide bonds. The first-order valence-corrected chi connectivity index (χ1v) is 8.08. The normalized spacial score (nSPS) is 17.6. The first-order chi connectivity index (χ1) is 9.74. The largest absolute Gasteiger partial charge is 0.384 e. The standard InChI is InChI=1S/C17H17FIN/c18-14-8-9-17(16(19)10-14)20-11-13-6-3-5-12-4-1-2-7-15(12)13/h1-2,4,7-10,13,20H,3,5-6,11H2. The van der Waals surface area contributed by atoms with Crippen molar-refractivity contribution in [2.24, 2.45) is 0 Å². The smallest absolute Gasteiger partial charge is 0.124 e. The van der Waals surface area contributed by atoms with Gasteiger partial charge in [0, 0.05) is 21.7 Å². The summed E-state index contributed by atoms with van der Waals surface area (Å²) in [5.74, 6) is 0.378. The Hall–Kier alpha value is -1.10. The van der Waals surface area contributed by atoms with Gasteiger partial charge in [-0.2, -0.15) is 0 Å². The number of nitrogens with one attached hydrogen (secondary N) is 1. The van der Waals surface area contributed by atoms with Crippen molar-refractivity contribution in [2.45, 2.75) is 25.2 Å². The van der Waals surface area contributed by atoms with Gasteiger partial charge in [0.05, 0.1) is 0 Å². The summed E-state index contributed by atoms with van der Waals surface area (Å²) < 4.78 is 14.0. The Bertz CT molecular complexity index is 612. The zero-order valence-corrected chi connectivity index (χ0v) is 13.4. The van der Waals surface area contributed by atoms with Gasteiger partial charge in [0.1, 0.15) is 5.82 Å². The molecular weight excluding hydrogens is 364 g/mol. The van der Waals surface area contributed by atoms with Crippen molar-refractivity contribution in [1.29, 1.82) is 0 Å². The molecule has 0 fully saturated rings. The number of anilines is 1. The van der Waals surface area contributed by atoms with Gasteiger partial charge < -0.3 is 5.32 Å². The molecule has 0 radical (unpaired) electrons. The van der Waals surface area contributed by atoms with E-state index >= 15 is 0 Å². The highest BCUT2D eigenvalue weighted by molar-refractivity contribution is 14.1. The van der Waals surface area contributed by atoms with Crippen LogP contribution in [0.3, 0.4) is 0 Å². The maximum atomic E-state index is 13.1. The maximum absolute atomic E-state index is 13.1. The van der Waals surface area contributed by atoms with Gasteiger partial charge in [-0.1, -0.05) is 24.3 Å². The van der Waals surface area contributed by atoms with Gasteiger partial charge in [-0.05, 0) is 71.2 Å². The predicted molar refractivity (Wildman–Crippen MR) is 89.7 cm³/mol. The molecule has 0 heterocycles. The van der Waals surface area contributed by atoms with E-state index in [1.165, 1.54) is 36.5 Å². The second-order valence-corrected chi connectivity index (χ2v) is 6.46. The van der Waals surface area contributed by atoms with Crippen LogP contribution in [0.2, 0.25) is 0 Å². The van der Waals surface area contributed by atoms with Crippen LogP contribution >= 0.6 is 22.6 Å². The van der Waals surface area contributed by atoms with Crippen LogP contribution in [0.25, 0.3) is 0 Å². The second kappa shape index (κ2) is 6.12. The van der Waals surface area contributed by atoms with Crippen LogP contribution in [0.1, 0.15) is 29.9 Å². The molecule has 20 heavy (non-hydrogen) atoms. The lowest BCUT2D eigenvalue weighted by Gasteiger charge is -2.26. The molecule has 3 heteroatoms. The van der Waals surface area contributed by atoms with Crippen LogP contribution in [-0.2, 0) is 6.42 Å². The zero-order valence-electron chi connectivity index (χ0n) is 11.2. The highest BCUT2D eigenvalue weighted by Gasteiger charge is 2.19. The topological polar surface area (TPSA) is 12.0 Å².